The first kappa shape index (κ1) is 15.9. The van der Waals surface area contributed by atoms with Crippen LogP contribution >= 0.6 is 0 Å². The van der Waals surface area contributed by atoms with Crippen molar-refractivity contribution in [3.63, 3.8) is 0 Å². The third-order valence-corrected chi connectivity index (χ3v) is 3.52. The van der Waals surface area contributed by atoms with Gasteiger partial charge < -0.3 is 11.1 Å². The summed E-state index contributed by atoms with van der Waals surface area (Å²) in [5, 5.41) is 2.80. The standard InChI is InChI=1S/C14H22N2O2S/c1-14(2,3)12(15)13(17)16-11-7-5-6-10(8-11)9-19(4)18/h5-8,12H,9,15H2,1-4H3,(H,16,17)/t12-,19?/m1/s1. The number of benzene rings is 1. The molecule has 0 aliphatic carbocycles. The van der Waals surface area contributed by atoms with E-state index in [9.17, 15) is 9.00 Å². The number of hydrogen-bond donors (Lipinski definition) is 2. The molecule has 1 rings (SSSR count). The largest absolute Gasteiger partial charge is 0.325 e. The summed E-state index contributed by atoms with van der Waals surface area (Å²) in [6.07, 6.45) is 1.65. The van der Waals surface area contributed by atoms with Crippen LogP contribution in [0, 0.1) is 5.41 Å². The Hall–Kier alpha value is -1.20. The molecule has 0 aliphatic rings. The van der Waals surface area contributed by atoms with Crippen LogP contribution in [0.1, 0.15) is 26.3 Å². The lowest BCUT2D eigenvalue weighted by Crippen LogP contribution is -2.45. The first-order chi connectivity index (χ1) is 8.70. The smallest absolute Gasteiger partial charge is 0.241 e. The van der Waals surface area contributed by atoms with Crippen LogP contribution in [0.4, 0.5) is 5.69 Å². The lowest BCUT2D eigenvalue weighted by atomic mass is 9.87. The van der Waals surface area contributed by atoms with Crippen molar-refractivity contribution >= 4 is 22.4 Å². The molecule has 1 amide bonds. The molecular weight excluding hydrogens is 260 g/mol. The number of amides is 1. The van der Waals surface area contributed by atoms with E-state index in [4.69, 9.17) is 5.73 Å². The van der Waals surface area contributed by atoms with Gasteiger partial charge in [0.15, 0.2) is 0 Å². The predicted octanol–water partition coefficient (Wildman–Crippen LogP) is 1.88. The zero-order valence-corrected chi connectivity index (χ0v) is 12.7. The Labute approximate surface area is 117 Å². The van der Waals surface area contributed by atoms with Gasteiger partial charge in [-0.1, -0.05) is 32.9 Å². The van der Waals surface area contributed by atoms with Crippen LogP contribution in [0.3, 0.4) is 0 Å². The van der Waals surface area contributed by atoms with E-state index in [1.807, 2.05) is 39.0 Å². The van der Waals surface area contributed by atoms with Crippen LogP contribution in [0.5, 0.6) is 0 Å². The number of nitrogens with two attached hydrogens (primary N) is 1. The van der Waals surface area contributed by atoms with Gasteiger partial charge in [0.25, 0.3) is 0 Å². The van der Waals surface area contributed by atoms with Gasteiger partial charge in [0.1, 0.15) is 0 Å². The molecule has 0 fully saturated rings. The molecule has 106 valence electrons. The second kappa shape index (κ2) is 6.30. The van der Waals surface area contributed by atoms with E-state index in [1.165, 1.54) is 0 Å². The maximum Gasteiger partial charge on any atom is 0.241 e. The molecule has 19 heavy (non-hydrogen) atoms. The molecule has 0 radical (unpaired) electrons. The maximum absolute atomic E-state index is 12.0. The molecule has 1 aromatic rings. The summed E-state index contributed by atoms with van der Waals surface area (Å²) in [6, 6.07) is 6.78. The summed E-state index contributed by atoms with van der Waals surface area (Å²) in [5.41, 5.74) is 7.24. The minimum Gasteiger partial charge on any atom is -0.325 e. The molecule has 3 N–H and O–H groups in total. The number of carbonyl (C=O) groups excluding carboxylic acids is 1. The maximum atomic E-state index is 12.0. The average Bonchev–Trinajstić information content (AvgIpc) is 2.26. The van der Waals surface area contributed by atoms with Crippen LogP contribution in [0.15, 0.2) is 24.3 Å². The molecule has 0 saturated carbocycles. The molecule has 5 heteroatoms. The van der Waals surface area contributed by atoms with E-state index in [-0.39, 0.29) is 11.3 Å². The third-order valence-electron chi connectivity index (χ3n) is 2.78. The first-order valence-corrected chi connectivity index (χ1v) is 7.88. The Morgan fingerprint density at radius 2 is 2.05 bits per heavy atom. The molecule has 1 unspecified atom stereocenters. The van der Waals surface area contributed by atoms with E-state index < -0.39 is 16.8 Å². The van der Waals surface area contributed by atoms with Crippen LogP contribution in [0.25, 0.3) is 0 Å². The molecule has 0 aromatic heterocycles. The summed E-state index contributed by atoms with van der Waals surface area (Å²) in [5.74, 6) is 0.275. The fourth-order valence-corrected chi connectivity index (χ4v) is 2.24. The van der Waals surface area contributed by atoms with Crippen LogP contribution in [0.2, 0.25) is 0 Å². The highest BCUT2D eigenvalue weighted by molar-refractivity contribution is 7.83. The fraction of sp³-hybridized carbons (Fsp3) is 0.500. The van der Waals surface area contributed by atoms with E-state index in [2.05, 4.69) is 5.32 Å². The Balaban J connectivity index is 2.77. The Morgan fingerprint density at radius 1 is 1.42 bits per heavy atom. The van der Waals surface area contributed by atoms with E-state index in [1.54, 1.807) is 12.3 Å². The summed E-state index contributed by atoms with van der Waals surface area (Å²) < 4.78 is 11.2. The fourth-order valence-electron chi connectivity index (χ4n) is 1.59. The van der Waals surface area contributed by atoms with E-state index in [0.29, 0.717) is 11.4 Å². The number of hydrogen-bond acceptors (Lipinski definition) is 3. The monoisotopic (exact) mass is 282 g/mol. The van der Waals surface area contributed by atoms with Gasteiger partial charge in [-0.15, -0.1) is 0 Å². The van der Waals surface area contributed by atoms with Gasteiger partial charge in [0.2, 0.25) is 5.91 Å². The minimum atomic E-state index is -0.898. The molecule has 0 spiro atoms. The van der Waals surface area contributed by atoms with Crippen molar-refractivity contribution in [1.82, 2.24) is 0 Å². The molecular formula is C14H22N2O2S. The summed E-state index contributed by atoms with van der Waals surface area (Å²) in [6.45, 7) is 5.77. The molecule has 0 saturated heterocycles. The highest BCUT2D eigenvalue weighted by Gasteiger charge is 2.27. The highest BCUT2D eigenvalue weighted by atomic mass is 32.2. The van der Waals surface area contributed by atoms with E-state index in [0.717, 1.165) is 5.56 Å². The Morgan fingerprint density at radius 3 is 2.58 bits per heavy atom. The van der Waals surface area contributed by atoms with Gasteiger partial charge in [0, 0.05) is 28.5 Å². The van der Waals surface area contributed by atoms with Crippen molar-refractivity contribution in [2.75, 3.05) is 11.6 Å². The second-order valence-electron chi connectivity index (χ2n) is 5.75. The zero-order chi connectivity index (χ0) is 14.6. The van der Waals surface area contributed by atoms with Gasteiger partial charge in [-0.3, -0.25) is 9.00 Å². The quantitative estimate of drug-likeness (QED) is 0.885. The number of rotatable bonds is 4. The summed E-state index contributed by atoms with van der Waals surface area (Å²) in [4.78, 5) is 12.0. The summed E-state index contributed by atoms with van der Waals surface area (Å²) in [7, 11) is -0.898. The molecule has 0 heterocycles. The predicted molar refractivity (Wildman–Crippen MR) is 80.3 cm³/mol. The van der Waals surface area contributed by atoms with Crippen molar-refractivity contribution in [1.29, 1.82) is 0 Å². The Bertz CT molecular complexity index is 481. The van der Waals surface area contributed by atoms with Gasteiger partial charge in [-0.2, -0.15) is 0 Å². The lowest BCUT2D eigenvalue weighted by Gasteiger charge is -2.25. The molecule has 2 atom stereocenters. The first-order valence-electron chi connectivity index (χ1n) is 6.15. The van der Waals surface area contributed by atoms with Crippen molar-refractivity contribution in [3.8, 4) is 0 Å². The van der Waals surface area contributed by atoms with E-state index >= 15 is 0 Å². The summed E-state index contributed by atoms with van der Waals surface area (Å²) >= 11 is 0. The van der Waals surface area contributed by atoms with Crippen molar-refractivity contribution < 1.29 is 9.00 Å². The normalized spacial score (nSPS) is 14.8. The lowest BCUT2D eigenvalue weighted by molar-refractivity contribution is -0.119. The van der Waals surface area contributed by atoms with Gasteiger partial charge >= 0.3 is 0 Å². The number of carbonyl (C=O) groups is 1. The van der Waals surface area contributed by atoms with Gasteiger partial charge in [-0.25, -0.2) is 0 Å². The average molecular weight is 282 g/mol. The van der Waals surface area contributed by atoms with Crippen LogP contribution < -0.4 is 11.1 Å². The van der Waals surface area contributed by atoms with Gasteiger partial charge in [0.05, 0.1) is 6.04 Å². The van der Waals surface area contributed by atoms with Crippen molar-refractivity contribution in [2.45, 2.75) is 32.6 Å². The molecule has 4 nitrogen and oxygen atoms in total. The number of anilines is 1. The van der Waals surface area contributed by atoms with Crippen LogP contribution in [-0.2, 0) is 21.3 Å². The minimum absolute atomic E-state index is 0.206. The topological polar surface area (TPSA) is 72.2 Å². The van der Waals surface area contributed by atoms with Crippen LogP contribution in [-0.4, -0.2) is 22.4 Å². The van der Waals surface area contributed by atoms with Crippen molar-refractivity contribution in [3.05, 3.63) is 29.8 Å². The zero-order valence-electron chi connectivity index (χ0n) is 11.9. The van der Waals surface area contributed by atoms with Gasteiger partial charge in [-0.05, 0) is 23.1 Å². The SMILES string of the molecule is CS(=O)Cc1cccc(NC(=O)[C@@H](N)C(C)(C)C)c1. The molecule has 1 aromatic carbocycles. The van der Waals surface area contributed by atoms with Crippen molar-refractivity contribution in [2.24, 2.45) is 11.1 Å². The Kier molecular flexibility index (Phi) is 5.26. The third kappa shape index (κ3) is 5.12. The second-order valence-corrected chi connectivity index (χ2v) is 7.19. The highest BCUT2D eigenvalue weighted by Crippen LogP contribution is 2.19. The molecule has 0 aliphatic heterocycles. The molecule has 0 bridgehead atoms. The number of nitrogens with one attached hydrogen (secondary N) is 1.